The Morgan fingerprint density at radius 2 is 2.00 bits per heavy atom. The predicted molar refractivity (Wildman–Crippen MR) is 107 cm³/mol. The van der Waals surface area contributed by atoms with E-state index in [-0.39, 0.29) is 5.56 Å². The van der Waals surface area contributed by atoms with Crippen LogP contribution in [0.25, 0.3) is 16.5 Å². The molecule has 132 valence electrons. The lowest BCUT2D eigenvalue weighted by atomic mass is 9.86. The zero-order valence-corrected chi connectivity index (χ0v) is 14.8. The molecule has 1 aromatic carbocycles. The maximum atomic E-state index is 12.6. The molecular formula is C23H19N3O. The minimum atomic E-state index is -0.0378. The molecule has 0 amide bonds. The van der Waals surface area contributed by atoms with Gasteiger partial charge in [0.25, 0.3) is 5.56 Å². The van der Waals surface area contributed by atoms with Crippen molar-refractivity contribution < 1.29 is 0 Å². The maximum Gasteiger partial charge on any atom is 0.261 e. The molecule has 2 aliphatic rings. The quantitative estimate of drug-likeness (QED) is 0.669. The van der Waals surface area contributed by atoms with Crippen molar-refractivity contribution in [1.29, 1.82) is 0 Å². The molecule has 2 aromatic heterocycles. The van der Waals surface area contributed by atoms with E-state index in [1.54, 1.807) is 29.4 Å². The Balaban J connectivity index is 1.39. The smallest absolute Gasteiger partial charge is 0.261 e. The number of fused-ring (bicyclic) bond motifs is 2. The monoisotopic (exact) mass is 353 g/mol. The molecule has 3 aromatic rings. The van der Waals surface area contributed by atoms with Crippen molar-refractivity contribution >= 4 is 16.5 Å². The number of pyridine rings is 1. The summed E-state index contributed by atoms with van der Waals surface area (Å²) in [5.41, 5.74) is 4.17. The third-order valence-electron chi connectivity index (χ3n) is 5.42. The largest absolute Gasteiger partial charge is 0.294 e. The van der Waals surface area contributed by atoms with Crippen LogP contribution in [-0.4, -0.2) is 14.5 Å². The van der Waals surface area contributed by atoms with E-state index in [1.807, 2.05) is 0 Å². The molecule has 0 aliphatic heterocycles. The summed E-state index contributed by atoms with van der Waals surface area (Å²) in [5, 5.41) is 0.598. The van der Waals surface area contributed by atoms with Crippen molar-refractivity contribution in [3.8, 4) is 0 Å². The molecule has 27 heavy (non-hydrogen) atoms. The van der Waals surface area contributed by atoms with Crippen molar-refractivity contribution in [2.24, 2.45) is 11.8 Å². The third-order valence-corrected chi connectivity index (χ3v) is 5.42. The first kappa shape index (κ1) is 15.9. The second kappa shape index (κ2) is 6.47. The predicted octanol–water partition coefficient (Wildman–Crippen LogP) is 3.99. The fourth-order valence-corrected chi connectivity index (χ4v) is 3.89. The second-order valence-corrected chi connectivity index (χ2v) is 7.15. The van der Waals surface area contributed by atoms with Crippen LogP contribution in [-0.2, 0) is 6.54 Å². The molecule has 4 heteroatoms. The van der Waals surface area contributed by atoms with Crippen LogP contribution in [0.4, 0.5) is 0 Å². The van der Waals surface area contributed by atoms with Crippen LogP contribution in [0.2, 0.25) is 0 Å². The van der Waals surface area contributed by atoms with Gasteiger partial charge in [0.1, 0.15) is 0 Å². The summed E-state index contributed by atoms with van der Waals surface area (Å²) in [6.45, 7) is 0.508. The van der Waals surface area contributed by atoms with Crippen LogP contribution < -0.4 is 5.56 Å². The second-order valence-electron chi connectivity index (χ2n) is 7.15. The molecule has 0 bridgehead atoms. The third kappa shape index (κ3) is 2.93. The Hall–Kier alpha value is -3.27. The number of nitrogens with zero attached hydrogens (tertiary/aromatic N) is 3. The number of hydrogen-bond acceptors (Lipinski definition) is 3. The number of benzene rings is 1. The highest BCUT2D eigenvalue weighted by molar-refractivity contribution is 5.76. The average molecular weight is 353 g/mol. The zero-order chi connectivity index (χ0) is 18.2. The first-order valence-electron chi connectivity index (χ1n) is 9.23. The van der Waals surface area contributed by atoms with E-state index < -0.39 is 0 Å². The number of rotatable bonds is 3. The van der Waals surface area contributed by atoms with Gasteiger partial charge in [0.15, 0.2) is 0 Å². The Bertz CT molecular complexity index is 1150. The van der Waals surface area contributed by atoms with Crippen molar-refractivity contribution in [3.05, 3.63) is 101 Å². The first-order chi connectivity index (χ1) is 13.3. The highest BCUT2D eigenvalue weighted by Gasteiger charge is 2.21. The van der Waals surface area contributed by atoms with E-state index in [2.05, 4.69) is 64.6 Å². The van der Waals surface area contributed by atoms with E-state index >= 15 is 0 Å². The van der Waals surface area contributed by atoms with Crippen LogP contribution in [0, 0.1) is 11.8 Å². The SMILES string of the molecule is O=c1c2ccncc2ncn1Cc1ccc(C2=CC3CC=CC3C=C2)cc1. The van der Waals surface area contributed by atoms with E-state index in [0.717, 1.165) is 12.0 Å². The molecule has 0 fully saturated rings. The van der Waals surface area contributed by atoms with Gasteiger partial charge in [-0.1, -0.05) is 54.6 Å². The molecule has 2 atom stereocenters. The number of hydrogen-bond donors (Lipinski definition) is 0. The molecule has 4 nitrogen and oxygen atoms in total. The van der Waals surface area contributed by atoms with Crippen molar-refractivity contribution in [3.63, 3.8) is 0 Å². The first-order valence-corrected chi connectivity index (χ1v) is 9.23. The Morgan fingerprint density at radius 3 is 2.89 bits per heavy atom. The topological polar surface area (TPSA) is 47.8 Å². The fraction of sp³-hybridized carbons (Fsp3) is 0.174. The highest BCUT2D eigenvalue weighted by atomic mass is 16.1. The Morgan fingerprint density at radius 1 is 1.11 bits per heavy atom. The lowest BCUT2D eigenvalue weighted by molar-refractivity contribution is 0.599. The Labute approximate surface area is 157 Å². The summed E-state index contributed by atoms with van der Waals surface area (Å²) >= 11 is 0. The average Bonchev–Trinajstić information content (AvgIpc) is 3.19. The molecule has 0 saturated heterocycles. The standard InChI is InChI=1S/C23H19N3O/c27-23-21-10-11-24-13-22(21)25-15-26(23)14-16-4-6-18(7-5-16)20-9-8-17-2-1-3-19(17)12-20/h1-2,4-13,15,17,19H,3,14H2. The van der Waals surface area contributed by atoms with Gasteiger partial charge in [-0.05, 0) is 35.1 Å². The Kier molecular flexibility index (Phi) is 3.82. The van der Waals surface area contributed by atoms with Crippen LogP contribution in [0.3, 0.4) is 0 Å². The summed E-state index contributed by atoms with van der Waals surface area (Å²) in [5.74, 6) is 1.16. The lowest BCUT2D eigenvalue weighted by Gasteiger charge is -2.19. The molecule has 0 spiro atoms. The lowest BCUT2D eigenvalue weighted by Crippen LogP contribution is -2.21. The molecule has 0 N–H and O–H groups in total. The molecular weight excluding hydrogens is 334 g/mol. The van der Waals surface area contributed by atoms with Gasteiger partial charge in [-0.25, -0.2) is 4.98 Å². The molecule has 0 saturated carbocycles. The minimum absolute atomic E-state index is 0.0378. The summed E-state index contributed by atoms with van der Waals surface area (Å²) in [4.78, 5) is 21.0. The van der Waals surface area contributed by atoms with E-state index in [4.69, 9.17) is 0 Å². The highest BCUT2D eigenvalue weighted by Crippen LogP contribution is 2.35. The van der Waals surface area contributed by atoms with Crippen LogP contribution in [0.15, 0.2) is 84.2 Å². The fourth-order valence-electron chi connectivity index (χ4n) is 3.89. The summed E-state index contributed by atoms with van der Waals surface area (Å²) in [6.07, 6.45) is 17.4. The van der Waals surface area contributed by atoms with Gasteiger partial charge < -0.3 is 0 Å². The molecule has 0 radical (unpaired) electrons. The van der Waals surface area contributed by atoms with Gasteiger partial charge in [-0.3, -0.25) is 14.3 Å². The summed E-state index contributed by atoms with van der Waals surface area (Å²) in [6, 6.07) is 10.2. The molecule has 5 rings (SSSR count). The van der Waals surface area contributed by atoms with Crippen LogP contribution in [0.5, 0.6) is 0 Å². The van der Waals surface area contributed by atoms with Gasteiger partial charge in [0.05, 0.1) is 30.0 Å². The normalized spacial score (nSPS) is 20.7. The molecule has 2 heterocycles. The molecule has 2 unspecified atom stereocenters. The number of allylic oxidation sites excluding steroid dienone is 6. The maximum absolute atomic E-state index is 12.6. The van der Waals surface area contributed by atoms with Crippen LogP contribution in [0.1, 0.15) is 17.5 Å². The van der Waals surface area contributed by atoms with Gasteiger partial charge >= 0.3 is 0 Å². The van der Waals surface area contributed by atoms with E-state index in [1.165, 1.54) is 11.1 Å². The van der Waals surface area contributed by atoms with E-state index in [0.29, 0.717) is 29.3 Å². The van der Waals surface area contributed by atoms with E-state index in [9.17, 15) is 4.79 Å². The van der Waals surface area contributed by atoms with Gasteiger partial charge in [-0.15, -0.1) is 0 Å². The summed E-state index contributed by atoms with van der Waals surface area (Å²) in [7, 11) is 0. The summed E-state index contributed by atoms with van der Waals surface area (Å²) < 4.78 is 1.64. The van der Waals surface area contributed by atoms with Crippen molar-refractivity contribution in [2.75, 3.05) is 0 Å². The molecule has 2 aliphatic carbocycles. The zero-order valence-electron chi connectivity index (χ0n) is 14.8. The van der Waals surface area contributed by atoms with Gasteiger partial charge in [0.2, 0.25) is 0 Å². The van der Waals surface area contributed by atoms with Gasteiger partial charge in [0, 0.05) is 12.1 Å². The number of aromatic nitrogens is 3. The van der Waals surface area contributed by atoms with Gasteiger partial charge in [-0.2, -0.15) is 0 Å². The van der Waals surface area contributed by atoms with Crippen molar-refractivity contribution in [2.45, 2.75) is 13.0 Å². The minimum Gasteiger partial charge on any atom is -0.294 e. The van der Waals surface area contributed by atoms with Crippen LogP contribution >= 0.6 is 0 Å². The van der Waals surface area contributed by atoms with Crippen molar-refractivity contribution in [1.82, 2.24) is 14.5 Å².